The van der Waals surface area contributed by atoms with Gasteiger partial charge in [-0.3, -0.25) is 0 Å². The molecule has 17 heavy (non-hydrogen) atoms. The summed E-state index contributed by atoms with van der Waals surface area (Å²) in [6.07, 6.45) is 2.87. The molecule has 1 aromatic heterocycles. The minimum Gasteiger partial charge on any atom is -0.352 e. The molecule has 4 heteroatoms. The Labute approximate surface area is 103 Å². The van der Waals surface area contributed by atoms with Crippen LogP contribution in [0.2, 0.25) is 0 Å². The molecule has 0 aliphatic carbocycles. The summed E-state index contributed by atoms with van der Waals surface area (Å²) in [5.41, 5.74) is 6.97. The van der Waals surface area contributed by atoms with Gasteiger partial charge in [-0.2, -0.15) is 0 Å². The van der Waals surface area contributed by atoms with Crippen LogP contribution in [0.25, 0.3) is 0 Å². The van der Waals surface area contributed by atoms with Crippen molar-refractivity contribution in [2.24, 2.45) is 11.7 Å². The molecule has 4 nitrogen and oxygen atoms in total. The number of aromatic nitrogens is 2. The average Bonchev–Trinajstić information content (AvgIpc) is 2.70. The third-order valence-electron chi connectivity index (χ3n) is 3.68. The largest absolute Gasteiger partial charge is 0.352 e. The molecule has 0 saturated carbocycles. The third-order valence-corrected chi connectivity index (χ3v) is 3.68. The predicted octanol–water partition coefficient (Wildman–Crippen LogP) is 1.77. The molecule has 94 valence electrons. The Morgan fingerprint density at radius 1 is 1.47 bits per heavy atom. The Hall–Kier alpha value is -1.16. The highest BCUT2D eigenvalue weighted by Gasteiger charge is 2.30. The molecule has 2 heterocycles. The zero-order valence-corrected chi connectivity index (χ0v) is 10.9. The number of hydrogen-bond acceptors (Lipinski definition) is 4. The van der Waals surface area contributed by atoms with Crippen molar-refractivity contribution in [2.45, 2.75) is 39.2 Å². The van der Waals surface area contributed by atoms with Gasteiger partial charge in [0.05, 0.1) is 0 Å². The van der Waals surface area contributed by atoms with Crippen LogP contribution in [-0.2, 0) is 0 Å². The summed E-state index contributed by atoms with van der Waals surface area (Å²) in [4.78, 5) is 11.0. The molecule has 1 aliphatic heterocycles. The van der Waals surface area contributed by atoms with E-state index in [-0.39, 0.29) is 0 Å². The lowest BCUT2D eigenvalue weighted by Crippen LogP contribution is -2.38. The van der Waals surface area contributed by atoms with Crippen molar-refractivity contribution >= 4 is 5.82 Å². The van der Waals surface area contributed by atoms with E-state index in [0.29, 0.717) is 24.4 Å². The highest BCUT2D eigenvalue weighted by molar-refractivity contribution is 5.42. The zero-order valence-electron chi connectivity index (χ0n) is 10.9. The van der Waals surface area contributed by atoms with Crippen LogP contribution >= 0.6 is 0 Å². The Bertz CT molecular complexity index is 377. The van der Waals surface area contributed by atoms with Crippen LogP contribution in [0.5, 0.6) is 0 Å². The molecule has 2 rings (SSSR count). The van der Waals surface area contributed by atoms with Gasteiger partial charge in [-0.15, -0.1) is 0 Å². The van der Waals surface area contributed by atoms with E-state index in [9.17, 15) is 0 Å². The third kappa shape index (κ3) is 2.41. The lowest BCUT2D eigenvalue weighted by molar-refractivity contribution is 0.517. The fraction of sp³-hybridized carbons (Fsp3) is 0.692. The van der Waals surface area contributed by atoms with E-state index in [1.165, 1.54) is 6.42 Å². The second-order valence-electron chi connectivity index (χ2n) is 5.22. The highest BCUT2D eigenvalue weighted by atomic mass is 15.2. The Morgan fingerprint density at radius 2 is 2.24 bits per heavy atom. The summed E-state index contributed by atoms with van der Waals surface area (Å²) in [6, 6.07) is 2.52. The summed E-state index contributed by atoms with van der Waals surface area (Å²) in [5, 5.41) is 0. The van der Waals surface area contributed by atoms with Gasteiger partial charge in [-0.25, -0.2) is 9.97 Å². The van der Waals surface area contributed by atoms with E-state index in [1.807, 2.05) is 0 Å². The normalized spacial score (nSPS) is 24.6. The fourth-order valence-corrected chi connectivity index (χ4v) is 2.49. The summed E-state index contributed by atoms with van der Waals surface area (Å²) < 4.78 is 0. The van der Waals surface area contributed by atoms with Crippen LogP contribution < -0.4 is 10.6 Å². The first-order valence-corrected chi connectivity index (χ1v) is 6.42. The molecular weight excluding hydrogens is 212 g/mol. The lowest BCUT2D eigenvalue weighted by atomic mass is 10.0. The number of nitrogens with zero attached hydrogens (tertiary/aromatic N) is 3. The van der Waals surface area contributed by atoms with Gasteiger partial charge in [-0.1, -0.05) is 20.8 Å². The van der Waals surface area contributed by atoms with Crippen molar-refractivity contribution < 1.29 is 0 Å². The Kier molecular flexibility index (Phi) is 3.62. The van der Waals surface area contributed by atoms with Gasteiger partial charge in [0.2, 0.25) is 0 Å². The molecule has 0 spiro atoms. The Balaban J connectivity index is 2.25. The van der Waals surface area contributed by atoms with Crippen LogP contribution in [0.1, 0.15) is 38.8 Å². The van der Waals surface area contributed by atoms with E-state index in [0.717, 1.165) is 18.1 Å². The van der Waals surface area contributed by atoms with Crippen LogP contribution in [0.3, 0.4) is 0 Å². The smallest absolute Gasteiger partial charge is 0.132 e. The zero-order chi connectivity index (χ0) is 12.4. The van der Waals surface area contributed by atoms with Crippen LogP contribution in [0.4, 0.5) is 5.82 Å². The lowest BCUT2D eigenvalue weighted by Gasteiger charge is -2.27. The molecule has 1 aromatic rings. The molecule has 0 bridgehead atoms. The van der Waals surface area contributed by atoms with Crippen molar-refractivity contribution in [3.63, 3.8) is 0 Å². The van der Waals surface area contributed by atoms with Crippen molar-refractivity contribution in [2.75, 3.05) is 18.0 Å². The van der Waals surface area contributed by atoms with Crippen LogP contribution in [0, 0.1) is 5.92 Å². The molecule has 0 amide bonds. The molecule has 2 unspecified atom stereocenters. The van der Waals surface area contributed by atoms with Crippen LogP contribution in [-0.4, -0.2) is 29.1 Å². The van der Waals surface area contributed by atoms with E-state index >= 15 is 0 Å². The van der Waals surface area contributed by atoms with E-state index in [4.69, 9.17) is 5.73 Å². The maximum atomic E-state index is 5.86. The van der Waals surface area contributed by atoms with E-state index < -0.39 is 0 Å². The number of nitrogens with two attached hydrogens (primary N) is 1. The fourth-order valence-electron chi connectivity index (χ4n) is 2.49. The van der Waals surface area contributed by atoms with Crippen molar-refractivity contribution in [1.29, 1.82) is 0 Å². The molecule has 1 aliphatic rings. The highest BCUT2D eigenvalue weighted by Crippen LogP contribution is 2.28. The first-order chi connectivity index (χ1) is 8.13. The molecule has 0 radical (unpaired) electrons. The second-order valence-corrected chi connectivity index (χ2v) is 5.22. The summed E-state index contributed by atoms with van der Waals surface area (Å²) in [7, 11) is 0. The standard InChI is InChI=1S/C13H22N4/c1-9(2)11-6-13(16-8-15-11)17-5-4-10(3)12(17)7-14/h6,8-10,12H,4-5,7,14H2,1-3H3. The number of rotatable bonds is 3. The van der Waals surface area contributed by atoms with Crippen LogP contribution in [0.15, 0.2) is 12.4 Å². The average molecular weight is 234 g/mol. The van der Waals surface area contributed by atoms with Gasteiger partial charge in [0, 0.05) is 30.9 Å². The van der Waals surface area contributed by atoms with Gasteiger partial charge in [0.15, 0.2) is 0 Å². The van der Waals surface area contributed by atoms with Gasteiger partial charge in [0.1, 0.15) is 12.1 Å². The molecule has 1 fully saturated rings. The van der Waals surface area contributed by atoms with Gasteiger partial charge < -0.3 is 10.6 Å². The van der Waals surface area contributed by atoms with E-state index in [2.05, 4.69) is 41.7 Å². The van der Waals surface area contributed by atoms with Gasteiger partial charge in [-0.05, 0) is 18.3 Å². The number of anilines is 1. The summed E-state index contributed by atoms with van der Waals surface area (Å²) in [6.45, 7) is 8.32. The maximum Gasteiger partial charge on any atom is 0.132 e. The summed E-state index contributed by atoms with van der Waals surface area (Å²) in [5.74, 6) is 2.12. The molecule has 2 atom stereocenters. The van der Waals surface area contributed by atoms with Crippen molar-refractivity contribution in [3.05, 3.63) is 18.1 Å². The topological polar surface area (TPSA) is 55.0 Å². The molecule has 1 saturated heterocycles. The molecule has 2 N–H and O–H groups in total. The van der Waals surface area contributed by atoms with E-state index in [1.54, 1.807) is 6.33 Å². The first-order valence-electron chi connectivity index (χ1n) is 6.42. The summed E-state index contributed by atoms with van der Waals surface area (Å²) >= 11 is 0. The first kappa shape index (κ1) is 12.3. The van der Waals surface area contributed by atoms with Gasteiger partial charge in [0.25, 0.3) is 0 Å². The Morgan fingerprint density at radius 3 is 2.88 bits per heavy atom. The monoisotopic (exact) mass is 234 g/mol. The quantitative estimate of drug-likeness (QED) is 0.866. The maximum absolute atomic E-state index is 5.86. The van der Waals surface area contributed by atoms with Gasteiger partial charge >= 0.3 is 0 Å². The SMILES string of the molecule is CC(C)c1cc(N2CCC(C)C2CN)ncn1. The predicted molar refractivity (Wildman–Crippen MR) is 70.1 cm³/mol. The molecule has 0 aromatic carbocycles. The van der Waals surface area contributed by atoms with Crippen molar-refractivity contribution in [1.82, 2.24) is 9.97 Å². The van der Waals surface area contributed by atoms with Crippen molar-refractivity contribution in [3.8, 4) is 0 Å². The number of hydrogen-bond donors (Lipinski definition) is 1. The minimum atomic E-state index is 0.421. The molecular formula is C13H22N4. The second kappa shape index (κ2) is 5.00. The minimum absolute atomic E-state index is 0.421.